The molecule has 0 spiro atoms. The molecule has 18 heavy (non-hydrogen) atoms. The molecule has 3 heterocycles. The van der Waals surface area contributed by atoms with Crippen LogP contribution in [-0.2, 0) is 6.42 Å². The number of hydrogen-bond donors (Lipinski definition) is 2. The SMILES string of the molecule is NC(=O)c1nc(C[C@H]2CCCN2)nc2ccsc12. The van der Waals surface area contributed by atoms with E-state index in [-0.39, 0.29) is 0 Å². The number of nitrogens with zero attached hydrogens (tertiary/aromatic N) is 2. The average Bonchev–Trinajstić information content (AvgIpc) is 2.98. The van der Waals surface area contributed by atoms with Gasteiger partial charge in [0.05, 0.1) is 10.2 Å². The molecule has 1 fully saturated rings. The highest BCUT2D eigenvalue weighted by Crippen LogP contribution is 2.22. The van der Waals surface area contributed by atoms with E-state index in [1.54, 1.807) is 0 Å². The van der Waals surface area contributed by atoms with Crippen LogP contribution in [0.1, 0.15) is 29.2 Å². The minimum absolute atomic E-state index is 0.350. The third-order valence-corrected chi connectivity index (χ3v) is 4.08. The first-order valence-corrected chi connectivity index (χ1v) is 6.89. The molecular weight excluding hydrogens is 248 g/mol. The van der Waals surface area contributed by atoms with E-state index in [0.717, 1.165) is 29.6 Å². The van der Waals surface area contributed by atoms with E-state index in [1.807, 2.05) is 11.4 Å². The zero-order valence-electron chi connectivity index (χ0n) is 9.85. The fourth-order valence-electron chi connectivity index (χ4n) is 2.32. The predicted octanol–water partition coefficient (Wildman–Crippen LogP) is 1.08. The molecule has 0 radical (unpaired) electrons. The van der Waals surface area contributed by atoms with Gasteiger partial charge in [-0.3, -0.25) is 4.79 Å². The Balaban J connectivity index is 1.98. The van der Waals surface area contributed by atoms with E-state index in [9.17, 15) is 4.79 Å². The van der Waals surface area contributed by atoms with Crippen LogP contribution in [0.3, 0.4) is 0 Å². The maximum atomic E-state index is 11.4. The van der Waals surface area contributed by atoms with Crippen molar-refractivity contribution in [2.75, 3.05) is 6.54 Å². The summed E-state index contributed by atoms with van der Waals surface area (Å²) in [6, 6.07) is 2.32. The zero-order valence-corrected chi connectivity index (χ0v) is 10.7. The number of carbonyl (C=O) groups is 1. The molecule has 0 unspecified atom stereocenters. The Hall–Kier alpha value is -1.53. The lowest BCUT2D eigenvalue weighted by Gasteiger charge is -2.09. The summed E-state index contributed by atoms with van der Waals surface area (Å²) in [7, 11) is 0. The molecule has 0 aliphatic carbocycles. The van der Waals surface area contributed by atoms with Crippen LogP contribution in [0.4, 0.5) is 0 Å². The Kier molecular flexibility index (Phi) is 2.97. The molecule has 1 aliphatic heterocycles. The van der Waals surface area contributed by atoms with Crippen molar-refractivity contribution in [2.24, 2.45) is 5.73 Å². The summed E-state index contributed by atoms with van der Waals surface area (Å²) in [5.74, 6) is 0.222. The highest BCUT2D eigenvalue weighted by molar-refractivity contribution is 7.17. The molecule has 6 heteroatoms. The van der Waals surface area contributed by atoms with E-state index in [4.69, 9.17) is 5.73 Å². The molecule has 5 nitrogen and oxygen atoms in total. The lowest BCUT2D eigenvalue weighted by Crippen LogP contribution is -2.25. The minimum Gasteiger partial charge on any atom is -0.364 e. The lowest BCUT2D eigenvalue weighted by atomic mass is 10.1. The van der Waals surface area contributed by atoms with Crippen molar-refractivity contribution < 1.29 is 4.79 Å². The number of amides is 1. The van der Waals surface area contributed by atoms with E-state index < -0.39 is 5.91 Å². The molecular formula is C12H14N4OS. The van der Waals surface area contributed by atoms with Crippen molar-refractivity contribution in [1.82, 2.24) is 15.3 Å². The number of aromatic nitrogens is 2. The lowest BCUT2D eigenvalue weighted by molar-refractivity contribution is 0.0997. The average molecular weight is 262 g/mol. The predicted molar refractivity (Wildman–Crippen MR) is 70.7 cm³/mol. The molecule has 1 atom stereocenters. The van der Waals surface area contributed by atoms with Crippen molar-refractivity contribution in [1.29, 1.82) is 0 Å². The van der Waals surface area contributed by atoms with Crippen LogP contribution < -0.4 is 11.1 Å². The molecule has 94 valence electrons. The molecule has 0 aromatic carbocycles. The third kappa shape index (κ3) is 2.09. The van der Waals surface area contributed by atoms with Gasteiger partial charge in [0.15, 0.2) is 0 Å². The van der Waals surface area contributed by atoms with E-state index in [0.29, 0.717) is 17.6 Å². The number of thiophene rings is 1. The summed E-state index contributed by atoms with van der Waals surface area (Å²) in [5, 5.41) is 5.31. The summed E-state index contributed by atoms with van der Waals surface area (Å²) in [6.07, 6.45) is 3.08. The van der Waals surface area contributed by atoms with Crippen LogP contribution >= 0.6 is 11.3 Å². The number of carbonyl (C=O) groups excluding carboxylic acids is 1. The number of fused-ring (bicyclic) bond motifs is 1. The first-order chi connectivity index (χ1) is 8.74. The number of hydrogen-bond acceptors (Lipinski definition) is 5. The Morgan fingerprint density at radius 2 is 2.44 bits per heavy atom. The number of primary amides is 1. The van der Waals surface area contributed by atoms with Crippen LogP contribution in [0.15, 0.2) is 11.4 Å². The Morgan fingerprint density at radius 1 is 1.56 bits per heavy atom. The number of nitrogens with one attached hydrogen (secondary N) is 1. The summed E-state index contributed by atoms with van der Waals surface area (Å²) < 4.78 is 0.783. The van der Waals surface area contributed by atoms with Crippen molar-refractivity contribution in [3.05, 3.63) is 23.0 Å². The van der Waals surface area contributed by atoms with Crippen molar-refractivity contribution in [2.45, 2.75) is 25.3 Å². The maximum Gasteiger partial charge on any atom is 0.268 e. The fourth-order valence-corrected chi connectivity index (χ4v) is 3.15. The van der Waals surface area contributed by atoms with Gasteiger partial charge in [0.2, 0.25) is 0 Å². The van der Waals surface area contributed by atoms with Crippen LogP contribution in [0.25, 0.3) is 10.2 Å². The summed E-state index contributed by atoms with van der Waals surface area (Å²) in [4.78, 5) is 20.2. The van der Waals surface area contributed by atoms with E-state index in [1.165, 1.54) is 17.8 Å². The second kappa shape index (κ2) is 4.62. The van der Waals surface area contributed by atoms with Crippen molar-refractivity contribution >= 4 is 27.5 Å². The molecule has 1 aliphatic rings. The highest BCUT2D eigenvalue weighted by Gasteiger charge is 2.18. The zero-order chi connectivity index (χ0) is 12.5. The Labute approximate surface area is 108 Å². The second-order valence-corrected chi connectivity index (χ2v) is 5.40. The highest BCUT2D eigenvalue weighted by atomic mass is 32.1. The quantitative estimate of drug-likeness (QED) is 0.867. The molecule has 0 bridgehead atoms. The fraction of sp³-hybridized carbons (Fsp3) is 0.417. The number of rotatable bonds is 3. The monoisotopic (exact) mass is 262 g/mol. The molecule has 3 N–H and O–H groups in total. The van der Waals surface area contributed by atoms with Gasteiger partial charge in [0, 0.05) is 12.5 Å². The van der Waals surface area contributed by atoms with Gasteiger partial charge in [0.25, 0.3) is 5.91 Å². The standard InChI is InChI=1S/C12H14N4OS/c13-12(17)10-11-8(3-5-18-11)15-9(16-10)6-7-2-1-4-14-7/h3,5,7,14H,1-2,4,6H2,(H2,13,17)/t7-/m1/s1. The van der Waals surface area contributed by atoms with Gasteiger partial charge < -0.3 is 11.1 Å². The van der Waals surface area contributed by atoms with Crippen molar-refractivity contribution in [3.63, 3.8) is 0 Å². The number of nitrogens with two attached hydrogens (primary N) is 1. The van der Waals surface area contributed by atoms with Crippen LogP contribution in [0, 0.1) is 0 Å². The van der Waals surface area contributed by atoms with E-state index >= 15 is 0 Å². The summed E-state index contributed by atoms with van der Waals surface area (Å²) in [6.45, 7) is 1.05. The van der Waals surface area contributed by atoms with E-state index in [2.05, 4.69) is 15.3 Å². The molecule has 1 amide bonds. The second-order valence-electron chi connectivity index (χ2n) is 4.49. The minimum atomic E-state index is -0.481. The first kappa shape index (κ1) is 11.6. The Bertz CT molecular complexity index is 589. The van der Waals surface area contributed by atoms with Crippen LogP contribution in [0.5, 0.6) is 0 Å². The smallest absolute Gasteiger partial charge is 0.268 e. The molecule has 1 saturated heterocycles. The van der Waals surface area contributed by atoms with Gasteiger partial charge in [-0.15, -0.1) is 11.3 Å². The Morgan fingerprint density at radius 3 is 3.17 bits per heavy atom. The molecule has 0 saturated carbocycles. The summed E-state index contributed by atoms with van der Waals surface area (Å²) in [5.41, 5.74) is 6.54. The van der Waals surface area contributed by atoms with Crippen LogP contribution in [0.2, 0.25) is 0 Å². The summed E-state index contributed by atoms with van der Waals surface area (Å²) >= 11 is 1.45. The normalized spacial score (nSPS) is 19.4. The first-order valence-electron chi connectivity index (χ1n) is 6.01. The third-order valence-electron chi connectivity index (χ3n) is 3.17. The van der Waals surface area contributed by atoms with Gasteiger partial charge in [-0.1, -0.05) is 0 Å². The van der Waals surface area contributed by atoms with Crippen LogP contribution in [-0.4, -0.2) is 28.5 Å². The molecule has 2 aromatic heterocycles. The molecule has 3 rings (SSSR count). The van der Waals surface area contributed by atoms with Gasteiger partial charge in [-0.05, 0) is 30.8 Å². The topological polar surface area (TPSA) is 80.9 Å². The van der Waals surface area contributed by atoms with Gasteiger partial charge in [-0.25, -0.2) is 9.97 Å². The molecule has 2 aromatic rings. The van der Waals surface area contributed by atoms with Crippen molar-refractivity contribution in [3.8, 4) is 0 Å². The van der Waals surface area contributed by atoms with Gasteiger partial charge in [0.1, 0.15) is 11.5 Å². The van der Waals surface area contributed by atoms with Gasteiger partial charge in [-0.2, -0.15) is 0 Å². The van der Waals surface area contributed by atoms with Gasteiger partial charge >= 0.3 is 0 Å². The largest absolute Gasteiger partial charge is 0.364 e. The maximum absolute atomic E-state index is 11.4.